The molecular weight excluding hydrogens is 159 g/mol. The lowest BCUT2D eigenvalue weighted by Gasteiger charge is -1.99. The smallest absolute Gasteiger partial charge is 0.267 e. The van der Waals surface area contributed by atoms with Crippen molar-refractivity contribution in [2.75, 3.05) is 12.4 Å². The van der Waals surface area contributed by atoms with Gasteiger partial charge in [0.1, 0.15) is 6.17 Å². The lowest BCUT2D eigenvalue weighted by atomic mass is 10.2. The first-order valence-electron chi connectivity index (χ1n) is 3.11. The Kier molecular flexibility index (Phi) is 2.25. The van der Waals surface area contributed by atoms with E-state index in [-0.39, 0.29) is 12.4 Å². The molecule has 0 N–H and O–H groups in total. The zero-order valence-electron chi connectivity index (χ0n) is 5.42. The molecule has 1 unspecified atom stereocenters. The third kappa shape index (κ3) is 2.22. The monoisotopic (exact) mass is 168 g/mol. The first kappa shape index (κ1) is 7.94. The van der Waals surface area contributed by atoms with Crippen molar-refractivity contribution >= 4 is 10.1 Å². The molecule has 0 radical (unpaired) electrons. The van der Waals surface area contributed by atoms with Crippen LogP contribution in [0.25, 0.3) is 0 Å². The van der Waals surface area contributed by atoms with Gasteiger partial charge in [-0.25, -0.2) is 4.39 Å². The van der Waals surface area contributed by atoms with Gasteiger partial charge in [-0.2, -0.15) is 8.42 Å². The zero-order valence-corrected chi connectivity index (χ0v) is 6.23. The molecule has 1 saturated heterocycles. The Labute approximate surface area is 59.3 Å². The largest absolute Gasteiger partial charge is 0.267 e. The predicted molar refractivity (Wildman–Crippen MR) is 33.9 cm³/mol. The van der Waals surface area contributed by atoms with Crippen molar-refractivity contribution in [1.29, 1.82) is 0 Å². The third-order valence-electron chi connectivity index (χ3n) is 1.34. The lowest BCUT2D eigenvalue weighted by Crippen LogP contribution is -2.11. The molecule has 1 atom stereocenters. The maximum absolute atomic E-state index is 12.4. The van der Waals surface area contributed by atoms with Crippen LogP contribution in [0.3, 0.4) is 0 Å². The fraction of sp³-hybridized carbons (Fsp3) is 1.00. The molecule has 60 valence electrons. The van der Waals surface area contributed by atoms with E-state index in [1.807, 2.05) is 0 Å². The Bertz CT molecular complexity index is 199. The molecule has 0 aromatic carbocycles. The van der Waals surface area contributed by atoms with E-state index < -0.39 is 16.3 Å². The van der Waals surface area contributed by atoms with Crippen molar-refractivity contribution in [2.45, 2.75) is 19.0 Å². The number of rotatable bonds is 0. The van der Waals surface area contributed by atoms with E-state index in [1.165, 1.54) is 0 Å². The molecule has 0 aromatic rings. The van der Waals surface area contributed by atoms with Gasteiger partial charge in [-0.15, -0.1) is 0 Å². The highest BCUT2D eigenvalue weighted by Crippen LogP contribution is 2.11. The Morgan fingerprint density at radius 2 is 2.20 bits per heavy atom. The van der Waals surface area contributed by atoms with Crippen LogP contribution in [0.2, 0.25) is 0 Å². The first-order valence-corrected chi connectivity index (χ1v) is 4.69. The summed E-state index contributed by atoms with van der Waals surface area (Å²) in [4.78, 5) is 0. The van der Waals surface area contributed by atoms with Crippen molar-refractivity contribution in [1.82, 2.24) is 0 Å². The summed E-state index contributed by atoms with van der Waals surface area (Å²) in [6.07, 6.45) is -0.458. The van der Waals surface area contributed by atoms with Gasteiger partial charge in [0.2, 0.25) is 0 Å². The molecule has 1 aliphatic heterocycles. The van der Waals surface area contributed by atoms with Gasteiger partial charge >= 0.3 is 0 Å². The standard InChI is InChI=1S/C5H9FO3S/c6-5-2-1-3-10(7,8)9-4-5/h5H,1-4H2. The van der Waals surface area contributed by atoms with Gasteiger partial charge in [0.05, 0.1) is 12.4 Å². The fourth-order valence-corrected chi connectivity index (χ4v) is 1.79. The molecule has 0 aliphatic carbocycles. The SMILES string of the molecule is O=S1(=O)CCCC(F)CO1. The van der Waals surface area contributed by atoms with Crippen molar-refractivity contribution in [3.63, 3.8) is 0 Å². The van der Waals surface area contributed by atoms with Crippen LogP contribution in [0.15, 0.2) is 0 Å². The molecule has 5 heteroatoms. The van der Waals surface area contributed by atoms with Crippen LogP contribution in [0, 0.1) is 0 Å². The van der Waals surface area contributed by atoms with E-state index in [0.717, 1.165) is 0 Å². The zero-order chi connectivity index (χ0) is 7.61. The maximum Gasteiger partial charge on any atom is 0.267 e. The van der Waals surface area contributed by atoms with Crippen molar-refractivity contribution in [2.24, 2.45) is 0 Å². The molecule has 1 fully saturated rings. The fourth-order valence-electron chi connectivity index (χ4n) is 0.801. The Morgan fingerprint density at radius 3 is 2.90 bits per heavy atom. The van der Waals surface area contributed by atoms with Gasteiger partial charge in [0.15, 0.2) is 0 Å². The molecule has 1 rings (SSSR count). The van der Waals surface area contributed by atoms with Crippen LogP contribution in [-0.2, 0) is 14.3 Å². The minimum atomic E-state index is -3.39. The van der Waals surface area contributed by atoms with Crippen LogP contribution >= 0.6 is 0 Å². The van der Waals surface area contributed by atoms with Gasteiger partial charge in [-0.3, -0.25) is 4.18 Å². The van der Waals surface area contributed by atoms with E-state index in [4.69, 9.17) is 0 Å². The highest BCUT2D eigenvalue weighted by atomic mass is 32.2. The quantitative estimate of drug-likeness (QED) is 0.494. The molecule has 1 heterocycles. The maximum atomic E-state index is 12.4. The molecule has 0 bridgehead atoms. The van der Waals surface area contributed by atoms with Crippen LogP contribution in [-0.4, -0.2) is 26.9 Å². The number of alkyl halides is 1. The molecule has 10 heavy (non-hydrogen) atoms. The summed E-state index contributed by atoms with van der Waals surface area (Å²) in [7, 11) is -3.39. The van der Waals surface area contributed by atoms with E-state index in [1.54, 1.807) is 0 Å². The second-order valence-electron chi connectivity index (χ2n) is 2.29. The summed E-state index contributed by atoms with van der Waals surface area (Å²) in [5.74, 6) is -0.0482. The van der Waals surface area contributed by atoms with Gasteiger partial charge in [0, 0.05) is 0 Å². The summed E-state index contributed by atoms with van der Waals surface area (Å²) in [6, 6.07) is 0. The highest BCUT2D eigenvalue weighted by molar-refractivity contribution is 7.86. The van der Waals surface area contributed by atoms with Crippen molar-refractivity contribution in [3.8, 4) is 0 Å². The van der Waals surface area contributed by atoms with Gasteiger partial charge in [0.25, 0.3) is 10.1 Å². The molecule has 3 nitrogen and oxygen atoms in total. The Morgan fingerprint density at radius 1 is 1.50 bits per heavy atom. The van der Waals surface area contributed by atoms with Crippen molar-refractivity contribution in [3.05, 3.63) is 0 Å². The van der Waals surface area contributed by atoms with E-state index in [9.17, 15) is 12.8 Å². The normalized spacial score (nSPS) is 33.1. The molecule has 1 aliphatic rings. The summed E-state index contributed by atoms with van der Waals surface area (Å²) < 4.78 is 38.0. The topological polar surface area (TPSA) is 43.4 Å². The van der Waals surface area contributed by atoms with Crippen molar-refractivity contribution < 1.29 is 17.0 Å². The van der Waals surface area contributed by atoms with Crippen LogP contribution in [0.4, 0.5) is 4.39 Å². The molecule has 0 spiro atoms. The summed E-state index contributed by atoms with van der Waals surface area (Å²) in [6.45, 7) is -0.303. The average Bonchev–Trinajstić information content (AvgIpc) is 1.94. The minimum Gasteiger partial charge on any atom is -0.267 e. The van der Waals surface area contributed by atoms with Crippen LogP contribution in [0.1, 0.15) is 12.8 Å². The summed E-state index contributed by atoms with van der Waals surface area (Å²) >= 11 is 0. The van der Waals surface area contributed by atoms with Crippen LogP contribution < -0.4 is 0 Å². The molecule has 0 amide bonds. The lowest BCUT2D eigenvalue weighted by molar-refractivity contribution is 0.202. The Hall–Kier alpha value is -0.160. The molecule has 0 aromatic heterocycles. The number of hydrogen-bond acceptors (Lipinski definition) is 3. The number of hydrogen-bond donors (Lipinski definition) is 0. The van der Waals surface area contributed by atoms with Gasteiger partial charge in [-0.1, -0.05) is 0 Å². The highest BCUT2D eigenvalue weighted by Gasteiger charge is 2.20. The van der Waals surface area contributed by atoms with E-state index >= 15 is 0 Å². The summed E-state index contributed by atoms with van der Waals surface area (Å²) in [5.41, 5.74) is 0. The van der Waals surface area contributed by atoms with E-state index in [0.29, 0.717) is 12.8 Å². The Balaban J connectivity index is 2.58. The predicted octanol–water partition coefficient (Wildman–Crippen LogP) is 0.465. The van der Waals surface area contributed by atoms with Gasteiger partial charge < -0.3 is 0 Å². The van der Waals surface area contributed by atoms with Gasteiger partial charge in [-0.05, 0) is 12.8 Å². The number of halogens is 1. The summed E-state index contributed by atoms with van der Waals surface area (Å²) in [5, 5.41) is 0. The first-order chi connectivity index (χ1) is 4.60. The van der Waals surface area contributed by atoms with E-state index in [2.05, 4.69) is 4.18 Å². The third-order valence-corrected chi connectivity index (χ3v) is 2.62. The molecular formula is C5H9FO3S. The van der Waals surface area contributed by atoms with Crippen LogP contribution in [0.5, 0.6) is 0 Å². The second-order valence-corrected chi connectivity index (χ2v) is 4.05. The minimum absolute atomic E-state index is 0.0482. The second kappa shape index (κ2) is 2.84. The molecule has 0 saturated carbocycles. The average molecular weight is 168 g/mol.